The molecule has 0 radical (unpaired) electrons. The Hall–Kier alpha value is -3.06. The predicted octanol–water partition coefficient (Wildman–Crippen LogP) is 2.54. The lowest BCUT2D eigenvalue weighted by Gasteiger charge is -2.09. The molecule has 0 saturated heterocycles. The minimum Gasteiger partial charge on any atom is -0.504 e. The van der Waals surface area contributed by atoms with Crippen molar-refractivity contribution in [3.05, 3.63) is 47.5 Å². The molecular formula is C20H25N3O4. The lowest BCUT2D eigenvalue weighted by Crippen LogP contribution is -2.18. The smallest absolute Gasteiger partial charge is 0.166 e. The fraction of sp³-hybridized carbons (Fsp3) is 0.300. The van der Waals surface area contributed by atoms with Crippen molar-refractivity contribution in [1.82, 2.24) is 0 Å². The molecule has 2 aromatic rings. The van der Waals surface area contributed by atoms with E-state index in [2.05, 4.69) is 9.98 Å². The molecule has 7 heteroatoms. The third kappa shape index (κ3) is 6.00. The molecule has 0 aliphatic carbocycles. The van der Waals surface area contributed by atoms with Crippen LogP contribution in [0.4, 0.5) is 0 Å². The largest absolute Gasteiger partial charge is 0.504 e. The lowest BCUT2D eigenvalue weighted by atomic mass is 10.1. The summed E-state index contributed by atoms with van der Waals surface area (Å²) in [6.45, 7) is 0.972. The van der Waals surface area contributed by atoms with Crippen molar-refractivity contribution >= 4 is 12.4 Å². The number of rotatable bonds is 9. The van der Waals surface area contributed by atoms with Gasteiger partial charge in [0.25, 0.3) is 0 Å². The number of para-hydroxylation sites is 2. The average molecular weight is 371 g/mol. The van der Waals surface area contributed by atoms with Crippen molar-refractivity contribution in [1.29, 1.82) is 0 Å². The number of phenols is 4. The van der Waals surface area contributed by atoms with Crippen LogP contribution < -0.4 is 5.73 Å². The number of aromatic hydroxyl groups is 4. The Kier molecular flexibility index (Phi) is 7.63. The van der Waals surface area contributed by atoms with Crippen LogP contribution in [0.5, 0.6) is 23.0 Å². The minimum atomic E-state index is -0.193. The molecule has 0 aliphatic rings. The van der Waals surface area contributed by atoms with Crippen LogP contribution in [0, 0.1) is 0 Å². The molecule has 0 spiro atoms. The zero-order valence-corrected chi connectivity index (χ0v) is 15.0. The first-order valence-electron chi connectivity index (χ1n) is 8.78. The molecule has 27 heavy (non-hydrogen) atoms. The Balaban J connectivity index is 1.78. The number of benzene rings is 2. The van der Waals surface area contributed by atoms with Crippen molar-refractivity contribution in [2.24, 2.45) is 15.7 Å². The van der Waals surface area contributed by atoms with Gasteiger partial charge in [-0.05, 0) is 43.5 Å². The van der Waals surface area contributed by atoms with Crippen LogP contribution in [-0.4, -0.2) is 52.0 Å². The predicted molar refractivity (Wildman–Crippen MR) is 106 cm³/mol. The van der Waals surface area contributed by atoms with Crippen molar-refractivity contribution in [3.8, 4) is 23.0 Å². The molecule has 2 rings (SSSR count). The molecule has 0 bridgehead atoms. The van der Waals surface area contributed by atoms with Crippen LogP contribution in [0.2, 0.25) is 0 Å². The number of aliphatic imine (C=N–C) groups is 2. The van der Waals surface area contributed by atoms with Gasteiger partial charge in [-0.3, -0.25) is 9.98 Å². The maximum atomic E-state index is 9.77. The van der Waals surface area contributed by atoms with E-state index in [1.54, 1.807) is 24.3 Å². The van der Waals surface area contributed by atoms with Gasteiger partial charge in [0.1, 0.15) is 0 Å². The maximum absolute atomic E-state index is 9.77. The number of unbranched alkanes of at least 4 members (excludes halogenated alkanes) is 1. The van der Waals surface area contributed by atoms with E-state index in [0.717, 1.165) is 19.3 Å². The average Bonchev–Trinajstić information content (AvgIpc) is 2.66. The molecule has 0 heterocycles. The summed E-state index contributed by atoms with van der Waals surface area (Å²) in [6.07, 6.45) is 5.54. The van der Waals surface area contributed by atoms with Crippen LogP contribution in [0.25, 0.3) is 0 Å². The summed E-state index contributed by atoms with van der Waals surface area (Å²) >= 11 is 0. The van der Waals surface area contributed by atoms with E-state index < -0.39 is 0 Å². The first-order chi connectivity index (χ1) is 13.0. The molecule has 0 aromatic heterocycles. The zero-order valence-electron chi connectivity index (χ0n) is 15.0. The summed E-state index contributed by atoms with van der Waals surface area (Å²) in [5.74, 6) is -0.713. The Morgan fingerprint density at radius 1 is 0.852 bits per heavy atom. The van der Waals surface area contributed by atoms with E-state index in [1.807, 2.05) is 0 Å². The molecule has 6 N–H and O–H groups in total. The Morgan fingerprint density at radius 2 is 1.44 bits per heavy atom. The maximum Gasteiger partial charge on any atom is 0.166 e. The van der Waals surface area contributed by atoms with Gasteiger partial charge in [0.05, 0.1) is 6.04 Å². The van der Waals surface area contributed by atoms with Gasteiger partial charge in [-0.15, -0.1) is 0 Å². The normalized spacial score (nSPS) is 12.8. The van der Waals surface area contributed by atoms with Gasteiger partial charge in [0.15, 0.2) is 23.0 Å². The lowest BCUT2D eigenvalue weighted by molar-refractivity contribution is 0.403. The summed E-state index contributed by atoms with van der Waals surface area (Å²) in [7, 11) is 0. The minimum absolute atomic E-state index is 0.0779. The second kappa shape index (κ2) is 10.2. The highest BCUT2D eigenvalue weighted by Gasteiger charge is 2.06. The van der Waals surface area contributed by atoms with Gasteiger partial charge in [0, 0.05) is 36.6 Å². The van der Waals surface area contributed by atoms with Crippen molar-refractivity contribution in [3.63, 3.8) is 0 Å². The number of phenolic OH excluding ortho intramolecular Hbond substituents is 4. The standard InChI is InChI=1S/C20H25N3O4/c21-11-16(23-13-15-6-4-9-18(25)20(15)27)7-1-2-10-22-12-14-5-3-8-17(24)19(14)26/h3-6,8-9,12-13,16,24-27H,1-2,7,10-11,21H2/t16-/m0/s1. The third-order valence-corrected chi connectivity index (χ3v) is 4.09. The zero-order chi connectivity index (χ0) is 19.6. The number of nitrogens with zero attached hydrogens (tertiary/aromatic N) is 2. The second-order valence-electron chi connectivity index (χ2n) is 6.13. The summed E-state index contributed by atoms with van der Waals surface area (Å²) in [6, 6.07) is 9.36. The molecular weight excluding hydrogens is 346 g/mol. The molecule has 0 unspecified atom stereocenters. The van der Waals surface area contributed by atoms with E-state index in [0.29, 0.717) is 24.2 Å². The molecule has 0 amide bonds. The van der Waals surface area contributed by atoms with Crippen molar-refractivity contribution in [2.45, 2.75) is 25.3 Å². The van der Waals surface area contributed by atoms with Crippen molar-refractivity contribution < 1.29 is 20.4 Å². The molecule has 2 aromatic carbocycles. The molecule has 0 fully saturated rings. The first kappa shape index (κ1) is 20.3. The van der Waals surface area contributed by atoms with Crippen LogP contribution in [-0.2, 0) is 0 Å². The number of hydrogen-bond donors (Lipinski definition) is 5. The highest BCUT2D eigenvalue weighted by molar-refractivity contribution is 5.85. The first-order valence-corrected chi connectivity index (χ1v) is 8.78. The van der Waals surface area contributed by atoms with Crippen LogP contribution in [0.3, 0.4) is 0 Å². The van der Waals surface area contributed by atoms with E-state index in [-0.39, 0.29) is 29.0 Å². The SMILES string of the molecule is NC[C@H](CCCCN=Cc1cccc(O)c1O)N=Cc1cccc(O)c1O. The van der Waals surface area contributed by atoms with Gasteiger partial charge in [-0.1, -0.05) is 12.1 Å². The summed E-state index contributed by atoms with van der Waals surface area (Å²) in [4.78, 5) is 8.64. The van der Waals surface area contributed by atoms with E-state index in [4.69, 9.17) is 5.73 Å². The summed E-state index contributed by atoms with van der Waals surface area (Å²) in [5.41, 5.74) is 6.67. The Bertz CT molecular complexity index is 806. The van der Waals surface area contributed by atoms with Gasteiger partial charge in [-0.25, -0.2) is 0 Å². The Labute approximate surface area is 158 Å². The number of hydrogen-bond acceptors (Lipinski definition) is 7. The third-order valence-electron chi connectivity index (χ3n) is 4.09. The second-order valence-corrected chi connectivity index (χ2v) is 6.13. The summed E-state index contributed by atoms with van der Waals surface area (Å²) in [5, 5.41) is 38.4. The highest BCUT2D eigenvalue weighted by Crippen LogP contribution is 2.27. The Morgan fingerprint density at radius 3 is 2.04 bits per heavy atom. The monoisotopic (exact) mass is 371 g/mol. The topological polar surface area (TPSA) is 132 Å². The quantitative estimate of drug-likeness (QED) is 0.263. The van der Waals surface area contributed by atoms with E-state index >= 15 is 0 Å². The van der Waals surface area contributed by atoms with E-state index in [9.17, 15) is 20.4 Å². The van der Waals surface area contributed by atoms with Crippen LogP contribution >= 0.6 is 0 Å². The van der Waals surface area contributed by atoms with Gasteiger partial charge < -0.3 is 26.2 Å². The molecule has 0 aliphatic heterocycles. The molecule has 1 atom stereocenters. The van der Waals surface area contributed by atoms with Gasteiger partial charge in [-0.2, -0.15) is 0 Å². The fourth-order valence-corrected chi connectivity index (χ4v) is 2.49. The number of nitrogens with two attached hydrogens (primary N) is 1. The van der Waals surface area contributed by atoms with Crippen molar-refractivity contribution in [2.75, 3.05) is 13.1 Å². The van der Waals surface area contributed by atoms with Gasteiger partial charge >= 0.3 is 0 Å². The fourth-order valence-electron chi connectivity index (χ4n) is 2.49. The molecule has 7 nitrogen and oxygen atoms in total. The summed E-state index contributed by atoms with van der Waals surface area (Å²) < 4.78 is 0. The highest BCUT2D eigenvalue weighted by atomic mass is 16.3. The molecule has 0 saturated carbocycles. The van der Waals surface area contributed by atoms with Crippen LogP contribution in [0.1, 0.15) is 30.4 Å². The molecule has 144 valence electrons. The van der Waals surface area contributed by atoms with Gasteiger partial charge in [0.2, 0.25) is 0 Å². The van der Waals surface area contributed by atoms with E-state index in [1.165, 1.54) is 24.6 Å². The van der Waals surface area contributed by atoms with Crippen LogP contribution in [0.15, 0.2) is 46.4 Å².